The van der Waals surface area contributed by atoms with Gasteiger partial charge in [0.1, 0.15) is 11.9 Å². The van der Waals surface area contributed by atoms with Crippen molar-refractivity contribution in [3.8, 4) is 0 Å². The lowest BCUT2D eigenvalue weighted by Crippen LogP contribution is -2.35. The van der Waals surface area contributed by atoms with Gasteiger partial charge in [-0.3, -0.25) is 4.79 Å². The van der Waals surface area contributed by atoms with Crippen molar-refractivity contribution in [3.05, 3.63) is 24.2 Å². The number of carbonyl (C=O) groups is 1. The fourth-order valence-electron chi connectivity index (χ4n) is 2.39. The van der Waals surface area contributed by atoms with Gasteiger partial charge in [-0.2, -0.15) is 0 Å². The smallest absolute Gasteiger partial charge is 0.249 e. The molecule has 1 aromatic heterocycles. The van der Waals surface area contributed by atoms with Crippen molar-refractivity contribution >= 4 is 5.91 Å². The average Bonchev–Trinajstić information content (AvgIpc) is 2.99. The van der Waals surface area contributed by atoms with Crippen LogP contribution in [0.2, 0.25) is 0 Å². The Morgan fingerprint density at radius 2 is 2.55 bits per heavy atom. The van der Waals surface area contributed by atoms with Crippen molar-refractivity contribution in [2.45, 2.75) is 38.8 Å². The Balaban J connectivity index is 1.58. The molecule has 1 aliphatic heterocycles. The molecule has 112 valence electrons. The van der Waals surface area contributed by atoms with Crippen LogP contribution in [0.5, 0.6) is 0 Å². The third-order valence-corrected chi connectivity index (χ3v) is 3.68. The lowest BCUT2D eigenvalue weighted by atomic mass is 9.97. The van der Waals surface area contributed by atoms with E-state index in [1.807, 2.05) is 6.07 Å². The Bertz CT molecular complexity index is 386. The third kappa shape index (κ3) is 4.98. The summed E-state index contributed by atoms with van der Waals surface area (Å²) in [6.07, 6.45) is 4.70. The van der Waals surface area contributed by atoms with Crippen LogP contribution >= 0.6 is 0 Å². The SMILES string of the molecule is CC(OCCC1CCCNC1)C(=O)NCc1ccco1. The van der Waals surface area contributed by atoms with Crippen LogP contribution < -0.4 is 10.6 Å². The van der Waals surface area contributed by atoms with Gasteiger partial charge in [0.15, 0.2) is 0 Å². The monoisotopic (exact) mass is 280 g/mol. The fourth-order valence-corrected chi connectivity index (χ4v) is 2.39. The van der Waals surface area contributed by atoms with Crippen molar-refractivity contribution in [2.75, 3.05) is 19.7 Å². The number of piperidine rings is 1. The number of furan rings is 1. The largest absolute Gasteiger partial charge is 0.467 e. The summed E-state index contributed by atoms with van der Waals surface area (Å²) >= 11 is 0. The van der Waals surface area contributed by atoms with E-state index in [1.165, 1.54) is 12.8 Å². The summed E-state index contributed by atoms with van der Waals surface area (Å²) in [5.74, 6) is 1.34. The van der Waals surface area contributed by atoms with Crippen LogP contribution in [0.3, 0.4) is 0 Å². The van der Waals surface area contributed by atoms with Gasteiger partial charge in [0.25, 0.3) is 0 Å². The van der Waals surface area contributed by atoms with E-state index in [2.05, 4.69) is 10.6 Å². The van der Waals surface area contributed by atoms with E-state index < -0.39 is 6.10 Å². The van der Waals surface area contributed by atoms with E-state index in [-0.39, 0.29) is 5.91 Å². The quantitative estimate of drug-likeness (QED) is 0.798. The molecule has 1 aromatic rings. The highest BCUT2D eigenvalue weighted by molar-refractivity contribution is 5.80. The van der Waals surface area contributed by atoms with Crippen LogP contribution in [0.1, 0.15) is 31.9 Å². The molecule has 2 rings (SSSR count). The first-order valence-electron chi connectivity index (χ1n) is 7.38. The maximum Gasteiger partial charge on any atom is 0.249 e. The van der Waals surface area contributed by atoms with E-state index in [9.17, 15) is 4.79 Å². The van der Waals surface area contributed by atoms with E-state index in [1.54, 1.807) is 19.3 Å². The minimum Gasteiger partial charge on any atom is -0.467 e. The Kier molecular flexibility index (Phi) is 6.08. The predicted molar refractivity (Wildman–Crippen MR) is 76.2 cm³/mol. The second kappa shape index (κ2) is 8.07. The second-order valence-corrected chi connectivity index (χ2v) is 5.31. The molecule has 0 radical (unpaired) electrons. The van der Waals surface area contributed by atoms with Crippen LogP contribution in [-0.4, -0.2) is 31.7 Å². The van der Waals surface area contributed by atoms with Crippen LogP contribution in [-0.2, 0) is 16.1 Å². The molecule has 0 spiro atoms. The number of nitrogens with one attached hydrogen (secondary N) is 2. The van der Waals surface area contributed by atoms with Crippen LogP contribution in [0, 0.1) is 5.92 Å². The summed E-state index contributed by atoms with van der Waals surface area (Å²) in [4.78, 5) is 11.8. The zero-order valence-electron chi connectivity index (χ0n) is 12.1. The van der Waals surface area contributed by atoms with Crippen molar-refractivity contribution < 1.29 is 13.9 Å². The molecule has 1 saturated heterocycles. The normalized spacial score (nSPS) is 20.6. The van der Waals surface area contributed by atoms with Crippen LogP contribution in [0.15, 0.2) is 22.8 Å². The van der Waals surface area contributed by atoms with Gasteiger partial charge >= 0.3 is 0 Å². The lowest BCUT2D eigenvalue weighted by Gasteiger charge is -2.23. The van der Waals surface area contributed by atoms with Crippen molar-refractivity contribution in [2.24, 2.45) is 5.92 Å². The molecule has 0 aromatic carbocycles. The second-order valence-electron chi connectivity index (χ2n) is 5.31. The molecular weight excluding hydrogens is 256 g/mol. The lowest BCUT2D eigenvalue weighted by molar-refractivity contribution is -0.132. The highest BCUT2D eigenvalue weighted by Crippen LogP contribution is 2.14. The van der Waals surface area contributed by atoms with Gasteiger partial charge in [-0.15, -0.1) is 0 Å². The Hall–Kier alpha value is -1.33. The topological polar surface area (TPSA) is 63.5 Å². The molecule has 1 amide bonds. The van der Waals surface area contributed by atoms with Gasteiger partial charge < -0.3 is 19.8 Å². The standard InChI is InChI=1S/C15H24N2O3/c1-12(15(18)17-11-14-5-3-8-20-14)19-9-6-13-4-2-7-16-10-13/h3,5,8,12-13,16H,2,4,6-7,9-11H2,1H3,(H,17,18). The zero-order valence-corrected chi connectivity index (χ0v) is 12.1. The number of hydrogen-bond donors (Lipinski definition) is 2. The van der Waals surface area contributed by atoms with Gasteiger partial charge in [-0.1, -0.05) is 0 Å². The van der Waals surface area contributed by atoms with Crippen molar-refractivity contribution in [1.29, 1.82) is 0 Å². The van der Waals surface area contributed by atoms with Gasteiger partial charge in [0.2, 0.25) is 5.91 Å². The molecule has 0 saturated carbocycles. The minimum atomic E-state index is -0.415. The Morgan fingerprint density at radius 1 is 1.65 bits per heavy atom. The van der Waals surface area contributed by atoms with E-state index >= 15 is 0 Å². The molecule has 0 bridgehead atoms. The summed E-state index contributed by atoms with van der Waals surface area (Å²) in [6, 6.07) is 3.64. The molecule has 2 N–H and O–H groups in total. The number of amides is 1. The van der Waals surface area contributed by atoms with Crippen LogP contribution in [0.25, 0.3) is 0 Å². The molecular formula is C15H24N2O3. The summed E-state index contributed by atoms with van der Waals surface area (Å²) in [7, 11) is 0. The van der Waals surface area contributed by atoms with Gasteiger partial charge in [0, 0.05) is 6.61 Å². The molecule has 5 nitrogen and oxygen atoms in total. The molecule has 1 aliphatic rings. The fraction of sp³-hybridized carbons (Fsp3) is 0.667. The number of ether oxygens (including phenoxy) is 1. The average molecular weight is 280 g/mol. The minimum absolute atomic E-state index is 0.0943. The summed E-state index contributed by atoms with van der Waals surface area (Å²) in [5, 5.41) is 6.19. The molecule has 2 unspecified atom stereocenters. The maximum absolute atomic E-state index is 11.8. The van der Waals surface area contributed by atoms with Crippen LogP contribution in [0.4, 0.5) is 0 Å². The maximum atomic E-state index is 11.8. The van der Waals surface area contributed by atoms with Gasteiger partial charge in [0.05, 0.1) is 12.8 Å². The summed E-state index contributed by atoms with van der Waals surface area (Å²) in [5.41, 5.74) is 0. The molecule has 2 atom stereocenters. The number of carbonyl (C=O) groups excluding carboxylic acids is 1. The van der Waals surface area contributed by atoms with E-state index in [4.69, 9.17) is 9.15 Å². The first kappa shape index (κ1) is 15.1. The first-order chi connectivity index (χ1) is 9.75. The zero-order chi connectivity index (χ0) is 14.2. The number of hydrogen-bond acceptors (Lipinski definition) is 4. The molecule has 2 heterocycles. The predicted octanol–water partition coefficient (Wildman–Crippen LogP) is 1.69. The summed E-state index contributed by atoms with van der Waals surface area (Å²) in [6.45, 7) is 5.04. The van der Waals surface area contributed by atoms with E-state index in [0.29, 0.717) is 19.1 Å². The summed E-state index contributed by atoms with van der Waals surface area (Å²) < 4.78 is 10.8. The highest BCUT2D eigenvalue weighted by atomic mass is 16.5. The molecule has 1 fully saturated rings. The molecule has 5 heteroatoms. The van der Waals surface area contributed by atoms with E-state index in [0.717, 1.165) is 25.3 Å². The Morgan fingerprint density at radius 3 is 3.25 bits per heavy atom. The highest BCUT2D eigenvalue weighted by Gasteiger charge is 2.16. The van der Waals surface area contributed by atoms with Gasteiger partial charge in [-0.25, -0.2) is 0 Å². The molecule has 20 heavy (non-hydrogen) atoms. The Labute approximate surface area is 120 Å². The molecule has 0 aliphatic carbocycles. The van der Waals surface area contributed by atoms with Crippen molar-refractivity contribution in [1.82, 2.24) is 10.6 Å². The number of rotatable bonds is 7. The first-order valence-corrected chi connectivity index (χ1v) is 7.38. The van der Waals surface area contributed by atoms with Crippen molar-refractivity contribution in [3.63, 3.8) is 0 Å². The third-order valence-electron chi connectivity index (χ3n) is 3.68. The van der Waals surface area contributed by atoms with Gasteiger partial charge in [-0.05, 0) is 57.3 Å².